The van der Waals surface area contributed by atoms with Crippen molar-refractivity contribution in [3.63, 3.8) is 0 Å². The minimum Gasteiger partial charge on any atom is -0.384 e. The zero-order valence-corrected chi connectivity index (χ0v) is 10.00. The molecule has 1 amide bonds. The third-order valence-electron chi connectivity index (χ3n) is 2.46. The standard InChI is InChI=1S/C13H11N5O/c14-6-9-1-3-10(4-2-9)7-16-13(19)11-5-12(15)18-8-17-11/h1-5,8H,7H2,(H,16,19)(H2,15,17,18). The first kappa shape index (κ1) is 12.5. The van der Waals surface area contributed by atoms with Gasteiger partial charge in [0.25, 0.3) is 5.91 Å². The monoisotopic (exact) mass is 253 g/mol. The first-order chi connectivity index (χ1) is 9.19. The fourth-order valence-corrected chi connectivity index (χ4v) is 1.47. The van der Waals surface area contributed by atoms with Crippen LogP contribution < -0.4 is 11.1 Å². The van der Waals surface area contributed by atoms with Crippen LogP contribution in [0.1, 0.15) is 21.6 Å². The van der Waals surface area contributed by atoms with E-state index in [1.54, 1.807) is 24.3 Å². The topological polar surface area (TPSA) is 105 Å². The third kappa shape index (κ3) is 3.26. The Morgan fingerprint density at radius 3 is 2.68 bits per heavy atom. The van der Waals surface area contributed by atoms with Gasteiger partial charge in [0.2, 0.25) is 0 Å². The SMILES string of the molecule is N#Cc1ccc(CNC(=O)c2cc(N)ncn2)cc1. The summed E-state index contributed by atoms with van der Waals surface area (Å²) >= 11 is 0. The van der Waals surface area contributed by atoms with Gasteiger partial charge in [0.05, 0.1) is 11.6 Å². The predicted octanol–water partition coefficient (Wildman–Crippen LogP) is 0.860. The molecule has 0 aliphatic heterocycles. The highest BCUT2D eigenvalue weighted by atomic mass is 16.1. The minimum atomic E-state index is -0.321. The maximum Gasteiger partial charge on any atom is 0.270 e. The maximum absolute atomic E-state index is 11.8. The lowest BCUT2D eigenvalue weighted by Gasteiger charge is -2.05. The molecule has 0 aliphatic rings. The molecule has 6 nitrogen and oxygen atoms in total. The second kappa shape index (κ2) is 5.60. The summed E-state index contributed by atoms with van der Waals surface area (Å²) < 4.78 is 0. The average Bonchev–Trinajstić information content (AvgIpc) is 2.45. The van der Waals surface area contributed by atoms with Crippen LogP contribution in [-0.2, 0) is 6.54 Å². The molecule has 0 radical (unpaired) electrons. The minimum absolute atomic E-state index is 0.223. The van der Waals surface area contributed by atoms with Crippen molar-refractivity contribution in [1.82, 2.24) is 15.3 Å². The summed E-state index contributed by atoms with van der Waals surface area (Å²) in [5, 5.41) is 11.4. The van der Waals surface area contributed by atoms with Crippen molar-refractivity contribution in [3.05, 3.63) is 53.5 Å². The maximum atomic E-state index is 11.8. The van der Waals surface area contributed by atoms with E-state index in [0.29, 0.717) is 12.1 Å². The number of benzene rings is 1. The Kier molecular flexibility index (Phi) is 3.69. The lowest BCUT2D eigenvalue weighted by Crippen LogP contribution is -2.24. The van der Waals surface area contributed by atoms with Gasteiger partial charge >= 0.3 is 0 Å². The number of nitrogens with one attached hydrogen (secondary N) is 1. The molecule has 2 aromatic rings. The van der Waals surface area contributed by atoms with Crippen LogP contribution in [0.2, 0.25) is 0 Å². The number of anilines is 1. The van der Waals surface area contributed by atoms with Gasteiger partial charge in [-0.25, -0.2) is 9.97 Å². The number of nitrogens with two attached hydrogens (primary N) is 1. The highest BCUT2D eigenvalue weighted by Crippen LogP contribution is 2.04. The molecule has 6 heteroatoms. The van der Waals surface area contributed by atoms with Crippen molar-refractivity contribution in [1.29, 1.82) is 5.26 Å². The van der Waals surface area contributed by atoms with Gasteiger partial charge in [-0.05, 0) is 17.7 Å². The van der Waals surface area contributed by atoms with Crippen LogP contribution in [0.15, 0.2) is 36.7 Å². The van der Waals surface area contributed by atoms with E-state index in [-0.39, 0.29) is 17.4 Å². The van der Waals surface area contributed by atoms with Gasteiger partial charge in [0, 0.05) is 12.6 Å². The van der Waals surface area contributed by atoms with E-state index in [0.717, 1.165) is 5.56 Å². The molecule has 0 saturated carbocycles. The summed E-state index contributed by atoms with van der Waals surface area (Å²) in [4.78, 5) is 19.3. The summed E-state index contributed by atoms with van der Waals surface area (Å²) in [7, 11) is 0. The van der Waals surface area contributed by atoms with Gasteiger partial charge < -0.3 is 11.1 Å². The molecule has 0 unspecified atom stereocenters. The quantitative estimate of drug-likeness (QED) is 0.844. The van der Waals surface area contributed by atoms with Gasteiger partial charge in [0.1, 0.15) is 17.8 Å². The van der Waals surface area contributed by atoms with Crippen LogP contribution in [0.5, 0.6) is 0 Å². The molecule has 1 aromatic heterocycles. The zero-order valence-electron chi connectivity index (χ0n) is 10.00. The number of aromatic nitrogens is 2. The van der Waals surface area contributed by atoms with Crippen LogP contribution in [0.4, 0.5) is 5.82 Å². The molecule has 0 spiro atoms. The van der Waals surface area contributed by atoms with E-state index in [9.17, 15) is 4.79 Å². The number of hydrogen-bond acceptors (Lipinski definition) is 5. The van der Waals surface area contributed by atoms with Gasteiger partial charge in [-0.2, -0.15) is 5.26 Å². The highest BCUT2D eigenvalue weighted by molar-refractivity contribution is 5.92. The lowest BCUT2D eigenvalue weighted by atomic mass is 10.1. The molecular formula is C13H11N5O. The first-order valence-corrected chi connectivity index (χ1v) is 5.54. The third-order valence-corrected chi connectivity index (χ3v) is 2.46. The smallest absolute Gasteiger partial charge is 0.270 e. The summed E-state index contributed by atoms with van der Waals surface area (Å²) in [5.74, 6) is -0.0722. The Balaban J connectivity index is 1.98. The summed E-state index contributed by atoms with van der Waals surface area (Å²) in [5.41, 5.74) is 7.18. The van der Waals surface area contributed by atoms with Crippen molar-refractivity contribution in [2.45, 2.75) is 6.54 Å². The molecule has 3 N–H and O–H groups in total. The van der Waals surface area contributed by atoms with Crippen molar-refractivity contribution < 1.29 is 4.79 Å². The molecule has 0 bridgehead atoms. The van der Waals surface area contributed by atoms with Crippen LogP contribution in [0.3, 0.4) is 0 Å². The Morgan fingerprint density at radius 1 is 1.32 bits per heavy atom. The van der Waals surface area contributed by atoms with Crippen molar-refractivity contribution in [2.75, 3.05) is 5.73 Å². The molecule has 0 atom stereocenters. The number of carbonyl (C=O) groups excluding carboxylic acids is 1. The predicted molar refractivity (Wildman–Crippen MR) is 68.8 cm³/mol. The van der Waals surface area contributed by atoms with Gasteiger partial charge in [0.15, 0.2) is 0 Å². The summed E-state index contributed by atoms with van der Waals surface area (Å²) in [6.07, 6.45) is 1.24. The molecular weight excluding hydrogens is 242 g/mol. The lowest BCUT2D eigenvalue weighted by molar-refractivity contribution is 0.0946. The first-order valence-electron chi connectivity index (χ1n) is 5.54. The van der Waals surface area contributed by atoms with Crippen LogP contribution in [0.25, 0.3) is 0 Å². The molecule has 2 rings (SSSR count). The number of amides is 1. The van der Waals surface area contributed by atoms with Gasteiger partial charge in [-0.1, -0.05) is 12.1 Å². The van der Waals surface area contributed by atoms with Crippen LogP contribution >= 0.6 is 0 Å². The Bertz CT molecular complexity index is 630. The van der Waals surface area contributed by atoms with E-state index in [4.69, 9.17) is 11.0 Å². The van der Waals surface area contributed by atoms with Crippen molar-refractivity contribution in [2.24, 2.45) is 0 Å². The number of carbonyl (C=O) groups is 1. The van der Waals surface area contributed by atoms with E-state index in [1.165, 1.54) is 12.4 Å². The largest absolute Gasteiger partial charge is 0.384 e. The number of rotatable bonds is 3. The summed E-state index contributed by atoms with van der Waals surface area (Å²) in [6, 6.07) is 10.4. The second-order valence-corrected chi connectivity index (χ2v) is 3.82. The van der Waals surface area contributed by atoms with Gasteiger partial charge in [-0.3, -0.25) is 4.79 Å². The van der Waals surface area contributed by atoms with E-state index < -0.39 is 0 Å². The number of nitriles is 1. The number of nitrogens with zero attached hydrogens (tertiary/aromatic N) is 3. The highest BCUT2D eigenvalue weighted by Gasteiger charge is 2.07. The Hall–Kier alpha value is -2.94. The molecule has 94 valence electrons. The second-order valence-electron chi connectivity index (χ2n) is 3.82. The molecule has 1 aromatic carbocycles. The molecule has 1 heterocycles. The Morgan fingerprint density at radius 2 is 2.05 bits per heavy atom. The molecule has 19 heavy (non-hydrogen) atoms. The van der Waals surface area contributed by atoms with Gasteiger partial charge in [-0.15, -0.1) is 0 Å². The van der Waals surface area contributed by atoms with Crippen LogP contribution in [0, 0.1) is 11.3 Å². The van der Waals surface area contributed by atoms with Crippen molar-refractivity contribution >= 4 is 11.7 Å². The van der Waals surface area contributed by atoms with Crippen LogP contribution in [-0.4, -0.2) is 15.9 Å². The number of hydrogen-bond donors (Lipinski definition) is 2. The Labute approximate surface area is 109 Å². The fraction of sp³-hybridized carbons (Fsp3) is 0.0769. The van der Waals surface area contributed by atoms with E-state index in [2.05, 4.69) is 15.3 Å². The zero-order chi connectivity index (χ0) is 13.7. The van der Waals surface area contributed by atoms with E-state index in [1.807, 2.05) is 6.07 Å². The van der Waals surface area contributed by atoms with E-state index >= 15 is 0 Å². The molecule has 0 fully saturated rings. The molecule has 0 saturated heterocycles. The number of nitrogen functional groups attached to an aromatic ring is 1. The summed E-state index contributed by atoms with van der Waals surface area (Å²) in [6.45, 7) is 0.356. The average molecular weight is 253 g/mol. The normalized spacial score (nSPS) is 9.63. The van der Waals surface area contributed by atoms with Crippen molar-refractivity contribution in [3.8, 4) is 6.07 Å². The molecule has 0 aliphatic carbocycles. The fourth-order valence-electron chi connectivity index (χ4n) is 1.47.